The number of nitrogens with one attached hydrogen (secondary N) is 1. The second kappa shape index (κ2) is 6.01. The number of rotatable bonds is 4. The summed E-state index contributed by atoms with van der Waals surface area (Å²) in [5.74, 6) is 0. The highest BCUT2D eigenvalue weighted by atomic mass is 79.9. The van der Waals surface area contributed by atoms with E-state index in [9.17, 15) is 0 Å². The van der Waals surface area contributed by atoms with Gasteiger partial charge in [0.1, 0.15) is 0 Å². The third-order valence-corrected chi connectivity index (χ3v) is 4.71. The van der Waals surface area contributed by atoms with Crippen molar-refractivity contribution >= 4 is 38.9 Å². The van der Waals surface area contributed by atoms with Crippen LogP contribution in [0.2, 0.25) is 5.02 Å². The van der Waals surface area contributed by atoms with Crippen LogP contribution in [0.4, 0.5) is 0 Å². The van der Waals surface area contributed by atoms with Gasteiger partial charge >= 0.3 is 0 Å². The molecule has 1 nitrogen and oxygen atoms in total. The highest BCUT2D eigenvalue weighted by Gasteiger charge is 2.01. The number of hydrogen-bond donors (Lipinski definition) is 1. The molecule has 0 amide bonds. The van der Waals surface area contributed by atoms with Gasteiger partial charge in [-0.2, -0.15) is 11.3 Å². The molecule has 2 rings (SSSR count). The second-order valence-electron chi connectivity index (χ2n) is 3.93. The summed E-state index contributed by atoms with van der Waals surface area (Å²) >= 11 is 11.1. The SMILES string of the molecule is Cc1cscc1CNCc1ccc(Cl)c(Br)c1. The summed E-state index contributed by atoms with van der Waals surface area (Å²) in [5.41, 5.74) is 3.97. The number of aryl methyl sites for hydroxylation is 1. The molecule has 0 saturated heterocycles. The normalized spacial score (nSPS) is 10.8. The Labute approximate surface area is 119 Å². The van der Waals surface area contributed by atoms with Gasteiger partial charge in [0.15, 0.2) is 0 Å². The first-order valence-corrected chi connectivity index (χ1v) is 7.44. The van der Waals surface area contributed by atoms with Crippen LogP contribution in [-0.4, -0.2) is 0 Å². The van der Waals surface area contributed by atoms with Crippen LogP contribution in [0.3, 0.4) is 0 Å². The summed E-state index contributed by atoms with van der Waals surface area (Å²) in [6, 6.07) is 6.01. The zero-order chi connectivity index (χ0) is 12.3. The fraction of sp³-hybridized carbons (Fsp3) is 0.231. The quantitative estimate of drug-likeness (QED) is 0.852. The van der Waals surface area contributed by atoms with Crippen LogP contribution in [0, 0.1) is 6.92 Å². The second-order valence-corrected chi connectivity index (χ2v) is 5.94. The Morgan fingerprint density at radius 1 is 1.29 bits per heavy atom. The standard InChI is InChI=1S/C13H13BrClNS/c1-9-7-17-8-11(9)6-16-5-10-2-3-13(15)12(14)4-10/h2-4,7-8,16H,5-6H2,1H3. The molecule has 1 aromatic heterocycles. The van der Waals surface area contributed by atoms with E-state index in [-0.39, 0.29) is 0 Å². The van der Waals surface area contributed by atoms with Gasteiger partial charge in [0.2, 0.25) is 0 Å². The van der Waals surface area contributed by atoms with Crippen molar-refractivity contribution in [1.82, 2.24) is 5.32 Å². The van der Waals surface area contributed by atoms with E-state index in [1.54, 1.807) is 11.3 Å². The van der Waals surface area contributed by atoms with Gasteiger partial charge in [0, 0.05) is 17.6 Å². The molecule has 0 saturated carbocycles. The number of thiophene rings is 1. The molecule has 2 aromatic rings. The van der Waals surface area contributed by atoms with Crippen LogP contribution >= 0.6 is 38.9 Å². The molecular formula is C13H13BrClNS. The van der Waals surface area contributed by atoms with Crippen LogP contribution in [0.5, 0.6) is 0 Å². The lowest BCUT2D eigenvalue weighted by molar-refractivity contribution is 0.692. The van der Waals surface area contributed by atoms with Crippen molar-refractivity contribution in [3.05, 3.63) is 55.1 Å². The third kappa shape index (κ3) is 3.55. The molecule has 0 unspecified atom stereocenters. The largest absolute Gasteiger partial charge is 0.309 e. The lowest BCUT2D eigenvalue weighted by atomic mass is 10.2. The van der Waals surface area contributed by atoms with E-state index in [2.05, 4.69) is 45.0 Å². The lowest BCUT2D eigenvalue weighted by Gasteiger charge is -2.06. The summed E-state index contributed by atoms with van der Waals surface area (Å²) in [4.78, 5) is 0. The molecule has 1 aromatic carbocycles. The first-order chi connectivity index (χ1) is 8.16. The molecule has 0 aliphatic carbocycles. The maximum atomic E-state index is 5.95. The number of hydrogen-bond acceptors (Lipinski definition) is 2. The molecule has 1 heterocycles. The molecule has 90 valence electrons. The molecule has 0 spiro atoms. The Hall–Kier alpha value is -0.350. The Morgan fingerprint density at radius 2 is 2.12 bits per heavy atom. The van der Waals surface area contributed by atoms with Crippen LogP contribution < -0.4 is 5.32 Å². The molecule has 0 fully saturated rings. The van der Waals surface area contributed by atoms with Crippen LogP contribution in [0.15, 0.2) is 33.4 Å². The van der Waals surface area contributed by atoms with E-state index in [0.29, 0.717) is 0 Å². The molecule has 0 atom stereocenters. The average molecular weight is 331 g/mol. The minimum atomic E-state index is 0.752. The molecule has 17 heavy (non-hydrogen) atoms. The van der Waals surface area contributed by atoms with Gasteiger partial charge < -0.3 is 5.32 Å². The Bertz CT molecular complexity index is 510. The van der Waals surface area contributed by atoms with Crippen molar-refractivity contribution < 1.29 is 0 Å². The van der Waals surface area contributed by atoms with E-state index in [1.807, 2.05) is 12.1 Å². The number of benzene rings is 1. The molecule has 0 aliphatic rings. The van der Waals surface area contributed by atoms with Gasteiger partial charge in [-0.3, -0.25) is 0 Å². The van der Waals surface area contributed by atoms with Crippen LogP contribution in [0.1, 0.15) is 16.7 Å². The average Bonchev–Trinajstić information content (AvgIpc) is 2.70. The summed E-state index contributed by atoms with van der Waals surface area (Å²) in [7, 11) is 0. The van der Waals surface area contributed by atoms with Gasteiger partial charge in [0.25, 0.3) is 0 Å². The van der Waals surface area contributed by atoms with E-state index < -0.39 is 0 Å². The third-order valence-electron chi connectivity index (χ3n) is 2.59. The Kier molecular flexibility index (Phi) is 4.62. The smallest absolute Gasteiger partial charge is 0.0548 e. The minimum absolute atomic E-state index is 0.752. The lowest BCUT2D eigenvalue weighted by Crippen LogP contribution is -2.12. The van der Waals surface area contributed by atoms with E-state index in [1.165, 1.54) is 16.7 Å². The van der Waals surface area contributed by atoms with E-state index >= 15 is 0 Å². The number of halogens is 2. The van der Waals surface area contributed by atoms with Gasteiger partial charge in [-0.1, -0.05) is 17.7 Å². The molecular weight excluding hydrogens is 318 g/mol. The predicted octanol–water partition coefficient (Wildman–Crippen LogP) is 4.76. The molecule has 0 aliphatic heterocycles. The van der Waals surface area contributed by atoms with Crippen LogP contribution in [-0.2, 0) is 13.1 Å². The summed E-state index contributed by atoms with van der Waals surface area (Å²) in [6.07, 6.45) is 0. The van der Waals surface area contributed by atoms with E-state index in [0.717, 1.165) is 22.6 Å². The summed E-state index contributed by atoms with van der Waals surface area (Å²) in [6.45, 7) is 3.91. The van der Waals surface area contributed by atoms with Crippen molar-refractivity contribution in [3.8, 4) is 0 Å². The van der Waals surface area contributed by atoms with Gasteiger partial charge in [0.05, 0.1) is 5.02 Å². The maximum absolute atomic E-state index is 5.95. The predicted molar refractivity (Wildman–Crippen MR) is 78.8 cm³/mol. The van der Waals surface area contributed by atoms with Crippen molar-refractivity contribution in [2.24, 2.45) is 0 Å². The fourth-order valence-corrected chi connectivity index (χ4v) is 2.96. The van der Waals surface area contributed by atoms with Gasteiger partial charge in [-0.25, -0.2) is 0 Å². The van der Waals surface area contributed by atoms with E-state index in [4.69, 9.17) is 11.6 Å². The monoisotopic (exact) mass is 329 g/mol. The first-order valence-electron chi connectivity index (χ1n) is 5.33. The molecule has 0 radical (unpaired) electrons. The van der Waals surface area contributed by atoms with Gasteiger partial charge in [-0.15, -0.1) is 0 Å². The Balaban J connectivity index is 1.90. The topological polar surface area (TPSA) is 12.0 Å². The molecule has 1 N–H and O–H groups in total. The minimum Gasteiger partial charge on any atom is -0.309 e. The highest BCUT2D eigenvalue weighted by molar-refractivity contribution is 9.10. The summed E-state index contributed by atoms with van der Waals surface area (Å²) in [5, 5.41) is 8.56. The summed E-state index contributed by atoms with van der Waals surface area (Å²) < 4.78 is 0.949. The maximum Gasteiger partial charge on any atom is 0.0548 e. The van der Waals surface area contributed by atoms with Crippen molar-refractivity contribution in [1.29, 1.82) is 0 Å². The van der Waals surface area contributed by atoms with Crippen molar-refractivity contribution in [3.63, 3.8) is 0 Å². The zero-order valence-electron chi connectivity index (χ0n) is 9.47. The molecule has 0 bridgehead atoms. The van der Waals surface area contributed by atoms with Gasteiger partial charge in [-0.05, 0) is 62.4 Å². The fourth-order valence-electron chi connectivity index (χ4n) is 1.56. The Morgan fingerprint density at radius 3 is 2.76 bits per heavy atom. The highest BCUT2D eigenvalue weighted by Crippen LogP contribution is 2.23. The molecule has 4 heteroatoms. The van der Waals surface area contributed by atoms with Crippen molar-refractivity contribution in [2.75, 3.05) is 0 Å². The van der Waals surface area contributed by atoms with Crippen molar-refractivity contribution in [2.45, 2.75) is 20.0 Å². The zero-order valence-corrected chi connectivity index (χ0v) is 12.6. The first kappa shape index (κ1) is 13.1. The van der Waals surface area contributed by atoms with Crippen LogP contribution in [0.25, 0.3) is 0 Å².